The number of pyridine rings is 1. The highest BCUT2D eigenvalue weighted by Crippen LogP contribution is 2.51. The first-order valence-corrected chi connectivity index (χ1v) is 7.82. The van der Waals surface area contributed by atoms with E-state index in [0.29, 0.717) is 6.73 Å². The van der Waals surface area contributed by atoms with Crippen molar-refractivity contribution in [1.29, 1.82) is 0 Å². The Morgan fingerprint density at radius 2 is 1.77 bits per heavy atom. The number of rotatable bonds is 0. The highest BCUT2D eigenvalue weighted by Gasteiger charge is 2.38. The summed E-state index contributed by atoms with van der Waals surface area (Å²) in [6.45, 7) is 0.626. The molecule has 2 heterocycles. The van der Waals surface area contributed by atoms with Gasteiger partial charge in [-0.25, -0.2) is 0 Å². The molecular formula is C20H14NO+. The molecule has 0 unspecified atom stereocenters. The number of benzene rings is 2. The molecule has 2 nitrogen and oxygen atoms in total. The zero-order valence-electron chi connectivity index (χ0n) is 12.1. The van der Waals surface area contributed by atoms with Crippen LogP contribution in [0.5, 0.6) is 5.75 Å². The molecule has 0 atom stereocenters. The van der Waals surface area contributed by atoms with E-state index in [1.807, 2.05) is 0 Å². The minimum absolute atomic E-state index is 0.626. The lowest BCUT2D eigenvalue weighted by atomic mass is 9.95. The molecule has 3 aliphatic rings. The predicted molar refractivity (Wildman–Crippen MR) is 83.7 cm³/mol. The molecule has 0 saturated carbocycles. The number of hydrogen-bond acceptors (Lipinski definition) is 1. The number of hydrogen-bond donors (Lipinski definition) is 0. The largest absolute Gasteiger partial charge is 0.435 e. The van der Waals surface area contributed by atoms with Gasteiger partial charge in [0, 0.05) is 18.1 Å². The molecule has 0 fully saturated rings. The van der Waals surface area contributed by atoms with Gasteiger partial charge in [-0.3, -0.25) is 0 Å². The summed E-state index contributed by atoms with van der Waals surface area (Å²) in [5.41, 5.74) is 11.3. The maximum absolute atomic E-state index is 6.05. The van der Waals surface area contributed by atoms with Gasteiger partial charge in [0.2, 0.25) is 5.69 Å². The number of fused-ring (bicyclic) bond motifs is 4. The standard InChI is InChI=1S/C20H14NO/c1-2-6-15-12(4-1)8-14-10-17-19-16(18(14)15)9-13-5-3-7-21(11-22-17)20(13)19/h1-7,10H,8-9,11H2/q+1. The molecule has 0 N–H and O–H groups in total. The molecule has 0 spiro atoms. The van der Waals surface area contributed by atoms with E-state index in [1.165, 1.54) is 44.6 Å². The van der Waals surface area contributed by atoms with E-state index in [1.54, 1.807) is 0 Å². The van der Waals surface area contributed by atoms with Crippen molar-refractivity contribution >= 4 is 0 Å². The van der Waals surface area contributed by atoms with Crippen LogP contribution in [-0.2, 0) is 19.6 Å². The monoisotopic (exact) mass is 284 g/mol. The van der Waals surface area contributed by atoms with Crippen molar-refractivity contribution in [2.24, 2.45) is 0 Å². The summed E-state index contributed by atoms with van der Waals surface area (Å²) >= 11 is 0. The molecule has 22 heavy (non-hydrogen) atoms. The Labute approximate surface area is 128 Å². The van der Waals surface area contributed by atoms with Crippen LogP contribution in [0.15, 0.2) is 48.7 Å². The Morgan fingerprint density at radius 3 is 2.77 bits per heavy atom. The summed E-state index contributed by atoms with van der Waals surface area (Å²) in [7, 11) is 0. The maximum Gasteiger partial charge on any atom is 0.292 e. The van der Waals surface area contributed by atoms with Gasteiger partial charge in [0.1, 0.15) is 5.75 Å². The van der Waals surface area contributed by atoms with Crippen molar-refractivity contribution in [3.05, 3.63) is 70.9 Å². The molecule has 2 heteroatoms. The first-order chi connectivity index (χ1) is 10.9. The van der Waals surface area contributed by atoms with Gasteiger partial charge < -0.3 is 4.74 Å². The third-order valence-corrected chi connectivity index (χ3v) is 5.26. The van der Waals surface area contributed by atoms with E-state index in [9.17, 15) is 0 Å². The fourth-order valence-corrected chi connectivity index (χ4v) is 4.40. The van der Waals surface area contributed by atoms with Crippen LogP contribution in [-0.4, -0.2) is 0 Å². The van der Waals surface area contributed by atoms with Gasteiger partial charge in [-0.15, -0.1) is 0 Å². The van der Waals surface area contributed by atoms with Crippen LogP contribution in [0.4, 0.5) is 0 Å². The summed E-state index contributed by atoms with van der Waals surface area (Å²) in [6.07, 6.45) is 4.18. The Bertz CT molecular complexity index is 987. The Morgan fingerprint density at radius 1 is 0.864 bits per heavy atom. The third kappa shape index (κ3) is 1.16. The van der Waals surface area contributed by atoms with Gasteiger partial charge >= 0.3 is 0 Å². The molecule has 3 aromatic rings. The summed E-state index contributed by atoms with van der Waals surface area (Å²) in [4.78, 5) is 0. The first kappa shape index (κ1) is 11.0. The molecule has 104 valence electrons. The minimum Gasteiger partial charge on any atom is -0.435 e. The molecule has 0 saturated heterocycles. The molecule has 0 radical (unpaired) electrons. The molecule has 2 aromatic carbocycles. The molecule has 0 amide bonds. The Balaban J connectivity index is 1.75. The first-order valence-electron chi connectivity index (χ1n) is 7.82. The van der Waals surface area contributed by atoms with Crippen molar-refractivity contribution in [1.82, 2.24) is 0 Å². The van der Waals surface area contributed by atoms with Crippen LogP contribution < -0.4 is 9.30 Å². The molecule has 1 aromatic heterocycles. The maximum atomic E-state index is 6.05. The number of aromatic nitrogens is 1. The second kappa shape index (κ2) is 3.58. The number of nitrogens with zero attached hydrogens (tertiary/aromatic N) is 1. The minimum atomic E-state index is 0.626. The molecule has 6 rings (SSSR count). The van der Waals surface area contributed by atoms with Gasteiger partial charge in [0.25, 0.3) is 6.73 Å². The van der Waals surface area contributed by atoms with Crippen molar-refractivity contribution in [2.75, 3.05) is 0 Å². The quantitative estimate of drug-likeness (QED) is 0.397. The topological polar surface area (TPSA) is 13.1 Å². The zero-order valence-corrected chi connectivity index (χ0v) is 12.1. The Hall–Kier alpha value is -2.61. The van der Waals surface area contributed by atoms with Gasteiger partial charge in [0.05, 0.1) is 5.56 Å². The van der Waals surface area contributed by atoms with Crippen LogP contribution >= 0.6 is 0 Å². The van der Waals surface area contributed by atoms with E-state index >= 15 is 0 Å². The van der Waals surface area contributed by atoms with E-state index in [4.69, 9.17) is 4.74 Å². The highest BCUT2D eigenvalue weighted by molar-refractivity contribution is 5.91. The predicted octanol–water partition coefficient (Wildman–Crippen LogP) is 3.47. The van der Waals surface area contributed by atoms with E-state index < -0.39 is 0 Å². The zero-order chi connectivity index (χ0) is 14.3. The number of ether oxygens (including phenoxy) is 1. The summed E-state index contributed by atoms with van der Waals surface area (Å²) < 4.78 is 8.29. The van der Waals surface area contributed by atoms with E-state index in [-0.39, 0.29) is 0 Å². The van der Waals surface area contributed by atoms with Crippen LogP contribution in [0.1, 0.15) is 22.3 Å². The summed E-state index contributed by atoms with van der Waals surface area (Å²) in [5.74, 6) is 1.08. The molecule has 0 bridgehead atoms. The average Bonchev–Trinajstić information content (AvgIpc) is 3.11. The fraction of sp³-hybridized carbons (Fsp3) is 0.150. The second-order valence-corrected chi connectivity index (χ2v) is 6.40. The van der Waals surface area contributed by atoms with Gasteiger partial charge in [-0.05, 0) is 46.4 Å². The molecule has 2 aliphatic carbocycles. The van der Waals surface area contributed by atoms with Gasteiger partial charge in [0.15, 0.2) is 6.20 Å². The van der Waals surface area contributed by atoms with E-state index in [0.717, 1.165) is 18.6 Å². The van der Waals surface area contributed by atoms with Crippen molar-refractivity contribution in [2.45, 2.75) is 19.6 Å². The average molecular weight is 284 g/mol. The lowest BCUT2D eigenvalue weighted by molar-refractivity contribution is -0.717. The van der Waals surface area contributed by atoms with Crippen LogP contribution in [0, 0.1) is 0 Å². The molecular weight excluding hydrogens is 270 g/mol. The fourth-order valence-electron chi connectivity index (χ4n) is 4.40. The van der Waals surface area contributed by atoms with Crippen molar-refractivity contribution < 1.29 is 9.30 Å². The molecule has 1 aliphatic heterocycles. The lowest BCUT2D eigenvalue weighted by Crippen LogP contribution is -2.41. The second-order valence-electron chi connectivity index (χ2n) is 6.40. The van der Waals surface area contributed by atoms with Crippen molar-refractivity contribution in [3.63, 3.8) is 0 Å². The van der Waals surface area contributed by atoms with E-state index in [2.05, 4.69) is 53.2 Å². The van der Waals surface area contributed by atoms with Crippen LogP contribution in [0.25, 0.3) is 22.4 Å². The third-order valence-electron chi connectivity index (χ3n) is 5.26. The highest BCUT2D eigenvalue weighted by atomic mass is 16.5. The summed E-state index contributed by atoms with van der Waals surface area (Å²) in [6, 6.07) is 15.5. The van der Waals surface area contributed by atoms with Gasteiger partial charge in [-0.2, -0.15) is 4.57 Å². The van der Waals surface area contributed by atoms with Crippen molar-refractivity contribution in [3.8, 4) is 28.1 Å². The summed E-state index contributed by atoms with van der Waals surface area (Å²) in [5, 5.41) is 0. The SMILES string of the molecule is c1ccc2c(c1)Cc1cc3c4c(c1-2)Cc1ccc[n+](c1-4)CO3. The van der Waals surface area contributed by atoms with Crippen LogP contribution in [0.3, 0.4) is 0 Å². The van der Waals surface area contributed by atoms with Gasteiger partial charge in [-0.1, -0.05) is 24.3 Å². The normalized spacial score (nSPS) is 15.1. The Kier molecular flexibility index (Phi) is 1.80. The smallest absolute Gasteiger partial charge is 0.292 e. The van der Waals surface area contributed by atoms with Crippen LogP contribution in [0.2, 0.25) is 0 Å². The lowest BCUT2D eigenvalue weighted by Gasteiger charge is -2.17.